The van der Waals surface area contributed by atoms with Crippen molar-refractivity contribution < 1.29 is 27.6 Å². The van der Waals surface area contributed by atoms with Gasteiger partial charge in [0.15, 0.2) is 0 Å². The Morgan fingerprint density at radius 2 is 1.83 bits per heavy atom. The van der Waals surface area contributed by atoms with E-state index in [4.69, 9.17) is 0 Å². The first kappa shape index (κ1) is 21.7. The van der Waals surface area contributed by atoms with Crippen LogP contribution < -0.4 is 10.6 Å². The summed E-state index contributed by atoms with van der Waals surface area (Å²) in [7, 11) is 1.43. The molecule has 10 heteroatoms. The van der Waals surface area contributed by atoms with Crippen molar-refractivity contribution in [1.29, 1.82) is 0 Å². The number of hydrogen-bond donors (Lipinski definition) is 2. The molecule has 30 heavy (non-hydrogen) atoms. The minimum atomic E-state index is -4.65. The molecule has 1 aromatic carbocycles. The van der Waals surface area contributed by atoms with Crippen LogP contribution in [0.4, 0.5) is 18.0 Å². The van der Waals surface area contributed by atoms with Crippen LogP contribution in [0.25, 0.3) is 0 Å². The SMILES string of the molecule is CN1C(=O)N[C@H](c2ccccc2C(F)(F)F)C2=C1CN(CC(=O)NC(C)(C)C)C2=O. The lowest BCUT2D eigenvalue weighted by atomic mass is 9.92. The lowest BCUT2D eigenvalue weighted by Crippen LogP contribution is -2.46. The lowest BCUT2D eigenvalue weighted by Gasteiger charge is -2.32. The second-order valence-corrected chi connectivity index (χ2v) is 8.35. The smallest absolute Gasteiger partial charge is 0.350 e. The maximum atomic E-state index is 13.5. The van der Waals surface area contributed by atoms with Gasteiger partial charge in [-0.1, -0.05) is 18.2 Å². The molecule has 1 atom stereocenters. The Kier molecular flexibility index (Phi) is 5.30. The average molecular weight is 424 g/mol. The monoisotopic (exact) mass is 424 g/mol. The van der Waals surface area contributed by atoms with Crippen LogP contribution >= 0.6 is 0 Å². The second kappa shape index (κ2) is 7.33. The molecule has 0 radical (unpaired) electrons. The standard InChI is InChI=1S/C20H23F3N4O3/c1-19(2,3)25-14(28)10-27-9-13-15(17(27)29)16(24-18(30)26(13)4)11-7-5-6-8-12(11)20(21,22)23/h5-8,16H,9-10H2,1-4H3,(H,24,30)(H,25,28)/t16-/m1/s1. The van der Waals surface area contributed by atoms with E-state index in [1.165, 1.54) is 35.0 Å². The van der Waals surface area contributed by atoms with Crippen LogP contribution in [0.3, 0.4) is 0 Å². The van der Waals surface area contributed by atoms with Gasteiger partial charge in [0, 0.05) is 12.6 Å². The minimum Gasteiger partial charge on any atom is -0.350 e. The Balaban J connectivity index is 1.97. The molecule has 0 spiro atoms. The third kappa shape index (κ3) is 4.12. The van der Waals surface area contributed by atoms with Crippen molar-refractivity contribution in [2.24, 2.45) is 0 Å². The Bertz CT molecular complexity index is 934. The average Bonchev–Trinajstić information content (AvgIpc) is 2.92. The first-order valence-corrected chi connectivity index (χ1v) is 9.33. The Morgan fingerprint density at radius 1 is 1.20 bits per heavy atom. The van der Waals surface area contributed by atoms with Crippen LogP contribution in [0, 0.1) is 0 Å². The number of carbonyl (C=O) groups is 3. The maximum Gasteiger partial charge on any atom is 0.416 e. The molecule has 0 unspecified atom stereocenters. The van der Waals surface area contributed by atoms with Crippen LogP contribution in [0.2, 0.25) is 0 Å². The van der Waals surface area contributed by atoms with E-state index in [2.05, 4.69) is 10.6 Å². The third-order valence-electron chi connectivity index (χ3n) is 4.86. The van der Waals surface area contributed by atoms with Gasteiger partial charge in [-0.15, -0.1) is 0 Å². The van der Waals surface area contributed by atoms with Crippen molar-refractivity contribution in [3.05, 3.63) is 46.7 Å². The summed E-state index contributed by atoms with van der Waals surface area (Å²) in [6, 6.07) is 2.94. The molecular formula is C20H23F3N4O3. The number of nitrogens with one attached hydrogen (secondary N) is 2. The van der Waals surface area contributed by atoms with Crippen molar-refractivity contribution in [2.45, 2.75) is 38.5 Å². The van der Waals surface area contributed by atoms with Gasteiger partial charge in [0.25, 0.3) is 5.91 Å². The maximum absolute atomic E-state index is 13.5. The molecule has 0 saturated carbocycles. The van der Waals surface area contributed by atoms with E-state index in [0.717, 1.165) is 6.07 Å². The number of rotatable bonds is 3. The predicted octanol–water partition coefficient (Wildman–Crippen LogP) is 2.41. The van der Waals surface area contributed by atoms with Gasteiger partial charge in [0.2, 0.25) is 5.91 Å². The van der Waals surface area contributed by atoms with Gasteiger partial charge < -0.3 is 15.5 Å². The van der Waals surface area contributed by atoms with Gasteiger partial charge in [0.05, 0.1) is 29.4 Å². The molecule has 3 rings (SSSR count). The minimum absolute atomic E-state index is 0.0392. The van der Waals surface area contributed by atoms with Gasteiger partial charge in [-0.3, -0.25) is 14.5 Å². The molecule has 2 aliphatic rings. The summed E-state index contributed by atoms with van der Waals surface area (Å²) in [4.78, 5) is 40.2. The van der Waals surface area contributed by atoms with Gasteiger partial charge in [-0.25, -0.2) is 4.79 Å². The molecule has 2 heterocycles. The molecule has 162 valence electrons. The Hall–Kier alpha value is -3.04. The summed E-state index contributed by atoms with van der Waals surface area (Å²) in [5, 5.41) is 5.23. The summed E-state index contributed by atoms with van der Waals surface area (Å²) in [6.07, 6.45) is -4.65. The van der Waals surface area contributed by atoms with E-state index in [9.17, 15) is 27.6 Å². The first-order valence-electron chi connectivity index (χ1n) is 9.33. The molecule has 0 fully saturated rings. The van der Waals surface area contributed by atoms with E-state index >= 15 is 0 Å². The van der Waals surface area contributed by atoms with Crippen molar-refractivity contribution >= 4 is 17.8 Å². The summed E-state index contributed by atoms with van der Waals surface area (Å²) < 4.78 is 40.6. The highest BCUT2D eigenvalue weighted by molar-refractivity contribution is 6.03. The molecule has 0 aromatic heterocycles. The van der Waals surface area contributed by atoms with E-state index < -0.39 is 41.2 Å². The zero-order valence-electron chi connectivity index (χ0n) is 17.1. The van der Waals surface area contributed by atoms with Crippen LogP contribution in [-0.2, 0) is 15.8 Å². The number of carbonyl (C=O) groups excluding carboxylic acids is 3. The summed E-state index contributed by atoms with van der Waals surface area (Å²) >= 11 is 0. The lowest BCUT2D eigenvalue weighted by molar-refractivity contribution is -0.138. The van der Waals surface area contributed by atoms with Crippen molar-refractivity contribution in [3.8, 4) is 0 Å². The van der Waals surface area contributed by atoms with Gasteiger partial charge in [0.1, 0.15) is 6.54 Å². The second-order valence-electron chi connectivity index (χ2n) is 8.35. The zero-order chi connectivity index (χ0) is 22.4. The summed E-state index contributed by atoms with van der Waals surface area (Å²) in [5.74, 6) is -0.979. The van der Waals surface area contributed by atoms with E-state index in [-0.39, 0.29) is 29.9 Å². The largest absolute Gasteiger partial charge is 0.416 e. The number of benzene rings is 1. The van der Waals surface area contributed by atoms with E-state index in [0.29, 0.717) is 0 Å². The first-order chi connectivity index (χ1) is 13.8. The number of alkyl halides is 3. The number of amides is 4. The molecule has 2 N–H and O–H groups in total. The number of hydrogen-bond acceptors (Lipinski definition) is 3. The summed E-state index contributed by atoms with van der Waals surface area (Å²) in [5.41, 5.74) is -1.32. The highest BCUT2D eigenvalue weighted by Gasteiger charge is 2.46. The van der Waals surface area contributed by atoms with Crippen LogP contribution in [-0.4, -0.2) is 53.3 Å². The van der Waals surface area contributed by atoms with Gasteiger partial charge >= 0.3 is 12.2 Å². The van der Waals surface area contributed by atoms with Gasteiger partial charge in [-0.2, -0.15) is 13.2 Å². The van der Waals surface area contributed by atoms with Crippen LogP contribution in [0.15, 0.2) is 35.5 Å². The summed E-state index contributed by atoms with van der Waals surface area (Å²) in [6.45, 7) is 5.07. The Labute approximate surface area is 171 Å². The van der Waals surface area contributed by atoms with Crippen molar-refractivity contribution in [3.63, 3.8) is 0 Å². The fraction of sp³-hybridized carbons (Fsp3) is 0.450. The number of likely N-dealkylation sites (N-methyl/N-ethyl adjacent to an activating group) is 1. The molecule has 2 aliphatic heterocycles. The number of nitrogens with zero attached hydrogens (tertiary/aromatic N) is 2. The van der Waals surface area contributed by atoms with Gasteiger partial charge in [-0.05, 0) is 32.4 Å². The predicted molar refractivity (Wildman–Crippen MR) is 102 cm³/mol. The van der Waals surface area contributed by atoms with E-state index in [1.807, 2.05) is 0 Å². The highest BCUT2D eigenvalue weighted by atomic mass is 19.4. The number of urea groups is 1. The Morgan fingerprint density at radius 3 is 2.43 bits per heavy atom. The van der Waals surface area contributed by atoms with Crippen LogP contribution in [0.5, 0.6) is 0 Å². The van der Waals surface area contributed by atoms with Crippen molar-refractivity contribution in [2.75, 3.05) is 20.1 Å². The molecule has 0 aliphatic carbocycles. The molecule has 4 amide bonds. The quantitative estimate of drug-likeness (QED) is 0.782. The molecule has 7 nitrogen and oxygen atoms in total. The number of halogens is 3. The molecular weight excluding hydrogens is 401 g/mol. The van der Waals surface area contributed by atoms with Crippen LogP contribution in [0.1, 0.15) is 37.9 Å². The van der Waals surface area contributed by atoms with E-state index in [1.54, 1.807) is 20.8 Å². The normalized spacial score (nSPS) is 19.8. The fourth-order valence-electron chi connectivity index (χ4n) is 3.62. The topological polar surface area (TPSA) is 81.8 Å². The zero-order valence-corrected chi connectivity index (χ0v) is 17.1. The molecule has 0 bridgehead atoms. The third-order valence-corrected chi connectivity index (χ3v) is 4.86. The highest BCUT2D eigenvalue weighted by Crippen LogP contribution is 2.41. The molecule has 1 aromatic rings. The van der Waals surface area contributed by atoms with Crippen molar-refractivity contribution in [1.82, 2.24) is 20.4 Å². The fourth-order valence-corrected chi connectivity index (χ4v) is 3.62. The molecule has 0 saturated heterocycles.